The highest BCUT2D eigenvalue weighted by Gasteiger charge is 2.07. The van der Waals surface area contributed by atoms with Gasteiger partial charge in [-0.3, -0.25) is 13.9 Å². The molecule has 1 aromatic carbocycles. The smallest absolute Gasteiger partial charge is 0.328 e. The van der Waals surface area contributed by atoms with Crippen molar-refractivity contribution in [2.45, 2.75) is 26.4 Å². The van der Waals surface area contributed by atoms with Crippen molar-refractivity contribution in [2.24, 2.45) is 0 Å². The van der Waals surface area contributed by atoms with Crippen LogP contribution < -0.4 is 16.7 Å². The van der Waals surface area contributed by atoms with E-state index in [1.165, 1.54) is 4.57 Å². The number of nitrogens with zero attached hydrogens (tertiary/aromatic N) is 2. The van der Waals surface area contributed by atoms with Crippen molar-refractivity contribution >= 4 is 17.3 Å². The number of nitrogens with one attached hydrogen (secondary N) is 1. The number of nitrogens with two attached hydrogens (primary N) is 1. The molecule has 0 bridgehead atoms. The van der Waals surface area contributed by atoms with Crippen LogP contribution in [-0.4, -0.2) is 15.0 Å². The highest BCUT2D eigenvalue weighted by atomic mass is 16.2. The number of anilines is 2. The molecule has 0 spiro atoms. The lowest BCUT2D eigenvalue weighted by Gasteiger charge is -2.05. The summed E-state index contributed by atoms with van der Waals surface area (Å²) in [5.41, 5.74) is 6.70. The minimum Gasteiger partial charge on any atom is -0.399 e. The first-order chi connectivity index (χ1) is 9.60. The number of aromatic nitrogens is 2. The largest absolute Gasteiger partial charge is 0.399 e. The van der Waals surface area contributed by atoms with Crippen molar-refractivity contribution in [3.8, 4) is 0 Å². The first kappa shape index (κ1) is 13.9. The lowest BCUT2D eigenvalue weighted by atomic mass is 10.3. The molecule has 1 aromatic heterocycles. The molecule has 1 amide bonds. The van der Waals surface area contributed by atoms with E-state index in [0.29, 0.717) is 17.9 Å². The van der Waals surface area contributed by atoms with Crippen molar-refractivity contribution in [2.75, 3.05) is 11.1 Å². The van der Waals surface area contributed by atoms with Crippen LogP contribution in [0.15, 0.2) is 41.5 Å². The average molecular weight is 274 g/mol. The quantitative estimate of drug-likeness (QED) is 0.806. The minimum absolute atomic E-state index is 0.0000753. The average Bonchev–Trinajstić information content (AvgIpc) is 2.75. The van der Waals surface area contributed by atoms with Crippen LogP contribution in [0.2, 0.25) is 0 Å². The van der Waals surface area contributed by atoms with E-state index in [9.17, 15) is 9.59 Å². The van der Waals surface area contributed by atoms with Gasteiger partial charge in [-0.15, -0.1) is 0 Å². The monoisotopic (exact) mass is 274 g/mol. The van der Waals surface area contributed by atoms with Gasteiger partial charge in [0.1, 0.15) is 6.54 Å². The lowest BCUT2D eigenvalue weighted by molar-refractivity contribution is -0.116. The number of aryl methyl sites for hydroxylation is 1. The summed E-state index contributed by atoms with van der Waals surface area (Å²) in [5, 5.41) is 2.72. The van der Waals surface area contributed by atoms with Gasteiger partial charge in [0.25, 0.3) is 0 Å². The summed E-state index contributed by atoms with van der Waals surface area (Å²) in [6, 6.07) is 6.86. The van der Waals surface area contributed by atoms with E-state index >= 15 is 0 Å². The Kier molecular flexibility index (Phi) is 4.24. The summed E-state index contributed by atoms with van der Waals surface area (Å²) in [7, 11) is 0. The van der Waals surface area contributed by atoms with E-state index in [2.05, 4.69) is 5.32 Å². The van der Waals surface area contributed by atoms with E-state index < -0.39 is 0 Å². The van der Waals surface area contributed by atoms with Gasteiger partial charge in [0.05, 0.1) is 0 Å². The predicted octanol–water partition coefficient (Wildman–Crippen LogP) is 1.28. The fraction of sp³-hybridized carbons (Fsp3) is 0.286. The van der Waals surface area contributed by atoms with Crippen LogP contribution in [0.3, 0.4) is 0 Å². The molecule has 6 heteroatoms. The Labute approximate surface area is 116 Å². The molecule has 1 heterocycles. The predicted molar refractivity (Wildman–Crippen MR) is 78.5 cm³/mol. The number of carbonyl (C=O) groups excluding carboxylic acids is 1. The molecule has 0 aliphatic heterocycles. The van der Waals surface area contributed by atoms with Gasteiger partial charge in [0.2, 0.25) is 5.91 Å². The molecule has 0 atom stereocenters. The van der Waals surface area contributed by atoms with Crippen LogP contribution in [0.1, 0.15) is 13.3 Å². The maximum atomic E-state index is 11.9. The molecule has 0 fully saturated rings. The number of amides is 1. The molecule has 106 valence electrons. The number of hydrogen-bond acceptors (Lipinski definition) is 3. The number of rotatable bonds is 5. The van der Waals surface area contributed by atoms with E-state index in [0.717, 1.165) is 6.42 Å². The van der Waals surface area contributed by atoms with Crippen LogP contribution in [0.5, 0.6) is 0 Å². The topological polar surface area (TPSA) is 82.1 Å². The van der Waals surface area contributed by atoms with Gasteiger partial charge in [-0.25, -0.2) is 4.79 Å². The standard InChI is InChI=1S/C14H18N4O2/c1-2-7-17-8-9-18(14(17)20)10-13(19)16-12-5-3-11(15)4-6-12/h3-6,8-9H,2,7,10,15H2,1H3,(H,16,19). The molecule has 0 aliphatic carbocycles. The molecule has 20 heavy (non-hydrogen) atoms. The van der Waals surface area contributed by atoms with Gasteiger partial charge in [0, 0.05) is 30.3 Å². The fourth-order valence-electron chi connectivity index (χ4n) is 1.91. The zero-order valence-electron chi connectivity index (χ0n) is 11.4. The normalized spacial score (nSPS) is 10.4. The number of benzene rings is 1. The van der Waals surface area contributed by atoms with Gasteiger partial charge in [-0.1, -0.05) is 6.92 Å². The summed E-state index contributed by atoms with van der Waals surface area (Å²) in [6.45, 7) is 2.66. The highest BCUT2D eigenvalue weighted by molar-refractivity contribution is 5.90. The molecular formula is C14H18N4O2. The minimum atomic E-state index is -0.244. The third kappa shape index (κ3) is 3.28. The van der Waals surface area contributed by atoms with Crippen LogP contribution in [0.25, 0.3) is 0 Å². The van der Waals surface area contributed by atoms with Crippen molar-refractivity contribution in [3.05, 3.63) is 47.1 Å². The Morgan fingerprint density at radius 2 is 1.85 bits per heavy atom. The van der Waals surface area contributed by atoms with Crippen LogP contribution in [0, 0.1) is 0 Å². The van der Waals surface area contributed by atoms with E-state index in [1.807, 2.05) is 6.92 Å². The Balaban J connectivity index is 2.01. The molecule has 6 nitrogen and oxygen atoms in total. The summed E-state index contributed by atoms with van der Waals surface area (Å²) in [6.07, 6.45) is 4.20. The molecule has 0 saturated heterocycles. The lowest BCUT2D eigenvalue weighted by Crippen LogP contribution is -2.29. The number of hydrogen-bond donors (Lipinski definition) is 2. The number of imidazole rings is 1. The van der Waals surface area contributed by atoms with Crippen LogP contribution >= 0.6 is 0 Å². The van der Waals surface area contributed by atoms with Crippen LogP contribution in [-0.2, 0) is 17.9 Å². The van der Waals surface area contributed by atoms with Crippen molar-refractivity contribution in [1.82, 2.24) is 9.13 Å². The maximum absolute atomic E-state index is 11.9. The zero-order chi connectivity index (χ0) is 14.5. The second-order valence-corrected chi connectivity index (χ2v) is 4.57. The Hall–Kier alpha value is -2.50. The van der Waals surface area contributed by atoms with E-state index in [4.69, 9.17) is 5.73 Å². The SMILES string of the molecule is CCCn1ccn(CC(=O)Nc2ccc(N)cc2)c1=O. The van der Waals surface area contributed by atoms with Gasteiger partial charge in [-0.2, -0.15) is 0 Å². The molecule has 0 saturated carbocycles. The third-order valence-corrected chi connectivity index (χ3v) is 2.89. The Bertz CT molecular complexity index is 640. The Morgan fingerprint density at radius 1 is 1.20 bits per heavy atom. The molecule has 2 rings (SSSR count). The number of nitrogen functional groups attached to an aromatic ring is 1. The van der Waals surface area contributed by atoms with Gasteiger partial charge in [0.15, 0.2) is 0 Å². The Morgan fingerprint density at radius 3 is 2.50 bits per heavy atom. The molecular weight excluding hydrogens is 256 g/mol. The van der Waals surface area contributed by atoms with Crippen molar-refractivity contribution in [1.29, 1.82) is 0 Å². The second-order valence-electron chi connectivity index (χ2n) is 4.57. The summed E-state index contributed by atoms with van der Waals surface area (Å²) in [5.74, 6) is -0.244. The van der Waals surface area contributed by atoms with Gasteiger partial charge < -0.3 is 11.1 Å². The van der Waals surface area contributed by atoms with Crippen LogP contribution in [0.4, 0.5) is 11.4 Å². The van der Waals surface area contributed by atoms with E-state index in [1.54, 1.807) is 41.2 Å². The maximum Gasteiger partial charge on any atom is 0.328 e. The molecule has 0 unspecified atom stereocenters. The van der Waals surface area contributed by atoms with E-state index in [-0.39, 0.29) is 18.1 Å². The highest BCUT2D eigenvalue weighted by Crippen LogP contribution is 2.10. The van der Waals surface area contributed by atoms with Gasteiger partial charge >= 0.3 is 5.69 Å². The first-order valence-electron chi connectivity index (χ1n) is 6.51. The zero-order valence-corrected chi connectivity index (χ0v) is 11.4. The first-order valence-corrected chi connectivity index (χ1v) is 6.51. The molecule has 3 N–H and O–H groups in total. The summed E-state index contributed by atoms with van der Waals surface area (Å²) < 4.78 is 2.98. The third-order valence-electron chi connectivity index (χ3n) is 2.89. The van der Waals surface area contributed by atoms with Crippen molar-refractivity contribution in [3.63, 3.8) is 0 Å². The fourth-order valence-corrected chi connectivity index (χ4v) is 1.91. The molecule has 0 aliphatic rings. The van der Waals surface area contributed by atoms with Gasteiger partial charge in [-0.05, 0) is 30.7 Å². The molecule has 0 radical (unpaired) electrons. The summed E-state index contributed by atoms with van der Waals surface area (Å²) >= 11 is 0. The van der Waals surface area contributed by atoms with Crippen molar-refractivity contribution < 1.29 is 4.79 Å². The molecule has 2 aromatic rings. The summed E-state index contributed by atoms with van der Waals surface area (Å²) in [4.78, 5) is 23.8. The second kappa shape index (κ2) is 6.10. The number of carbonyl (C=O) groups is 1.